The third kappa shape index (κ3) is 4.70. The molecule has 3 heteroatoms. The minimum absolute atomic E-state index is 0.543. The van der Waals surface area contributed by atoms with E-state index in [0.717, 1.165) is 15.8 Å². The second kappa shape index (κ2) is 8.67. The van der Waals surface area contributed by atoms with Crippen molar-refractivity contribution in [2.24, 2.45) is 0 Å². The van der Waals surface area contributed by atoms with E-state index in [4.69, 9.17) is 9.47 Å². The van der Waals surface area contributed by atoms with E-state index in [2.05, 4.69) is 46.3 Å². The van der Waals surface area contributed by atoms with Crippen molar-refractivity contribution < 1.29 is 9.47 Å². The van der Waals surface area contributed by atoms with Gasteiger partial charge in [0.05, 0.1) is 13.2 Å². The van der Waals surface area contributed by atoms with E-state index in [1.54, 1.807) is 0 Å². The second-order valence-corrected chi connectivity index (χ2v) is 6.25. The van der Waals surface area contributed by atoms with Crippen LogP contribution in [0.2, 0.25) is 0 Å². The highest BCUT2D eigenvalue weighted by atomic mass is 79.9. The molecule has 3 rings (SSSR count). The number of hydrogen-bond donors (Lipinski definition) is 0. The van der Waals surface area contributed by atoms with Gasteiger partial charge in [-0.3, -0.25) is 0 Å². The smallest absolute Gasteiger partial charge is 0.119 e. The predicted molar refractivity (Wildman–Crippen MR) is 101 cm³/mol. The first-order chi connectivity index (χ1) is 11.8. The highest BCUT2D eigenvalue weighted by molar-refractivity contribution is 9.10. The Bertz CT molecular complexity index is 754. The number of halogens is 1. The van der Waals surface area contributed by atoms with Crippen molar-refractivity contribution in [2.75, 3.05) is 13.2 Å². The van der Waals surface area contributed by atoms with Crippen LogP contribution in [-0.4, -0.2) is 13.2 Å². The Morgan fingerprint density at radius 3 is 2.17 bits per heavy atom. The van der Waals surface area contributed by atoms with Gasteiger partial charge >= 0.3 is 0 Å². The first-order valence-corrected chi connectivity index (χ1v) is 8.72. The van der Waals surface area contributed by atoms with Crippen LogP contribution in [-0.2, 0) is 11.3 Å². The maximum absolute atomic E-state index is 5.73. The summed E-state index contributed by atoms with van der Waals surface area (Å²) in [4.78, 5) is 0. The standard InChI is InChI=1S/C21H19BrO2/c22-21-9-5-4-8-20(21)18-10-12-19(13-11-18)24-15-14-23-16-17-6-2-1-3-7-17/h1-13H,14-16H2. The Hall–Kier alpha value is -2.10. The van der Waals surface area contributed by atoms with E-state index >= 15 is 0 Å². The third-order valence-electron chi connectivity index (χ3n) is 3.65. The van der Waals surface area contributed by atoms with Gasteiger partial charge in [0.1, 0.15) is 12.4 Å². The molecule has 0 amide bonds. The quantitative estimate of drug-likeness (QED) is 0.487. The number of benzene rings is 3. The van der Waals surface area contributed by atoms with Gasteiger partial charge < -0.3 is 9.47 Å². The minimum Gasteiger partial charge on any atom is -0.491 e. The average molecular weight is 383 g/mol. The van der Waals surface area contributed by atoms with Crippen LogP contribution in [0, 0.1) is 0 Å². The van der Waals surface area contributed by atoms with Crippen molar-refractivity contribution in [1.82, 2.24) is 0 Å². The van der Waals surface area contributed by atoms with Crippen molar-refractivity contribution in [1.29, 1.82) is 0 Å². The number of rotatable bonds is 7. The van der Waals surface area contributed by atoms with E-state index in [1.165, 1.54) is 11.1 Å². The van der Waals surface area contributed by atoms with Gasteiger partial charge in [0.2, 0.25) is 0 Å². The van der Waals surface area contributed by atoms with Crippen molar-refractivity contribution in [3.05, 3.63) is 88.9 Å². The molecule has 0 fully saturated rings. The zero-order valence-corrected chi connectivity index (χ0v) is 14.9. The number of ether oxygens (including phenoxy) is 2. The van der Waals surface area contributed by atoms with Crippen molar-refractivity contribution in [3.63, 3.8) is 0 Å². The topological polar surface area (TPSA) is 18.5 Å². The first kappa shape index (κ1) is 16.7. The van der Waals surface area contributed by atoms with Crippen LogP contribution < -0.4 is 4.74 Å². The molecule has 0 spiro atoms. The van der Waals surface area contributed by atoms with Crippen LogP contribution in [0.25, 0.3) is 11.1 Å². The summed E-state index contributed by atoms with van der Waals surface area (Å²) in [5, 5.41) is 0. The molecule has 122 valence electrons. The molecule has 0 aliphatic heterocycles. The van der Waals surface area contributed by atoms with E-state index in [9.17, 15) is 0 Å². The second-order valence-electron chi connectivity index (χ2n) is 5.39. The summed E-state index contributed by atoms with van der Waals surface area (Å²) < 4.78 is 12.4. The monoisotopic (exact) mass is 382 g/mol. The summed E-state index contributed by atoms with van der Waals surface area (Å²) >= 11 is 3.58. The lowest BCUT2D eigenvalue weighted by molar-refractivity contribution is 0.0889. The molecule has 0 saturated carbocycles. The van der Waals surface area contributed by atoms with Crippen LogP contribution in [0.3, 0.4) is 0 Å². The molecule has 0 aliphatic rings. The van der Waals surface area contributed by atoms with Gasteiger partial charge in [-0.25, -0.2) is 0 Å². The van der Waals surface area contributed by atoms with Crippen LogP contribution in [0.15, 0.2) is 83.3 Å². The molecule has 0 aromatic heterocycles. The Morgan fingerprint density at radius 2 is 1.42 bits per heavy atom. The van der Waals surface area contributed by atoms with Gasteiger partial charge in [-0.15, -0.1) is 0 Å². The highest BCUT2D eigenvalue weighted by Crippen LogP contribution is 2.29. The SMILES string of the molecule is Brc1ccccc1-c1ccc(OCCOCc2ccccc2)cc1. The molecule has 24 heavy (non-hydrogen) atoms. The summed E-state index contributed by atoms with van der Waals surface area (Å²) in [5.74, 6) is 0.856. The fraction of sp³-hybridized carbons (Fsp3) is 0.143. The van der Waals surface area contributed by atoms with Gasteiger partial charge in [0, 0.05) is 4.47 Å². The first-order valence-electron chi connectivity index (χ1n) is 7.92. The van der Waals surface area contributed by atoms with Crippen LogP contribution in [0.4, 0.5) is 0 Å². The summed E-state index contributed by atoms with van der Waals surface area (Å²) in [6, 6.07) is 26.5. The van der Waals surface area contributed by atoms with Gasteiger partial charge in [-0.05, 0) is 34.9 Å². The van der Waals surface area contributed by atoms with E-state index in [1.807, 2.05) is 48.5 Å². The van der Waals surface area contributed by atoms with E-state index in [-0.39, 0.29) is 0 Å². The Balaban J connectivity index is 1.46. The zero-order valence-electron chi connectivity index (χ0n) is 13.3. The van der Waals surface area contributed by atoms with Crippen molar-refractivity contribution in [2.45, 2.75) is 6.61 Å². The van der Waals surface area contributed by atoms with Gasteiger partial charge in [-0.2, -0.15) is 0 Å². The molecular weight excluding hydrogens is 364 g/mol. The van der Waals surface area contributed by atoms with E-state index in [0.29, 0.717) is 19.8 Å². The lowest BCUT2D eigenvalue weighted by atomic mass is 10.1. The Kier molecular flexibility index (Phi) is 6.05. The summed E-state index contributed by atoms with van der Waals surface area (Å²) in [6.45, 7) is 1.73. The summed E-state index contributed by atoms with van der Waals surface area (Å²) in [6.07, 6.45) is 0. The van der Waals surface area contributed by atoms with Gasteiger partial charge in [0.25, 0.3) is 0 Å². The van der Waals surface area contributed by atoms with Crippen molar-refractivity contribution >= 4 is 15.9 Å². The molecule has 2 nitrogen and oxygen atoms in total. The molecule has 0 N–H and O–H groups in total. The fourth-order valence-electron chi connectivity index (χ4n) is 2.41. The predicted octanol–water partition coefficient (Wildman–Crippen LogP) is 5.71. The normalized spacial score (nSPS) is 10.5. The van der Waals surface area contributed by atoms with Crippen LogP contribution in [0.1, 0.15) is 5.56 Å². The molecule has 0 heterocycles. The fourth-order valence-corrected chi connectivity index (χ4v) is 2.92. The molecule has 0 saturated heterocycles. The average Bonchev–Trinajstić information content (AvgIpc) is 2.63. The molecule has 0 unspecified atom stereocenters. The number of hydrogen-bond acceptors (Lipinski definition) is 2. The molecule has 0 radical (unpaired) electrons. The molecule has 3 aromatic carbocycles. The largest absolute Gasteiger partial charge is 0.491 e. The lowest BCUT2D eigenvalue weighted by Crippen LogP contribution is -2.06. The molecular formula is C21H19BrO2. The molecule has 0 aliphatic carbocycles. The maximum Gasteiger partial charge on any atom is 0.119 e. The summed E-state index contributed by atoms with van der Waals surface area (Å²) in [7, 11) is 0. The zero-order chi connectivity index (χ0) is 16.6. The Morgan fingerprint density at radius 1 is 0.708 bits per heavy atom. The van der Waals surface area contributed by atoms with Gasteiger partial charge in [-0.1, -0.05) is 76.6 Å². The molecule has 3 aromatic rings. The summed E-state index contributed by atoms with van der Waals surface area (Å²) in [5.41, 5.74) is 3.51. The Labute approximate surface area is 151 Å². The van der Waals surface area contributed by atoms with E-state index < -0.39 is 0 Å². The maximum atomic E-state index is 5.73. The van der Waals surface area contributed by atoms with Crippen LogP contribution in [0.5, 0.6) is 5.75 Å². The molecule has 0 atom stereocenters. The highest BCUT2D eigenvalue weighted by Gasteiger charge is 2.02. The minimum atomic E-state index is 0.543. The molecule has 0 bridgehead atoms. The van der Waals surface area contributed by atoms with Gasteiger partial charge in [0.15, 0.2) is 0 Å². The van der Waals surface area contributed by atoms with Crippen molar-refractivity contribution in [3.8, 4) is 16.9 Å². The lowest BCUT2D eigenvalue weighted by Gasteiger charge is -2.09. The third-order valence-corrected chi connectivity index (χ3v) is 4.34. The van der Waals surface area contributed by atoms with Crippen LogP contribution >= 0.6 is 15.9 Å².